The summed E-state index contributed by atoms with van der Waals surface area (Å²) in [5.41, 5.74) is 0.849. The Hall–Kier alpha value is -2.24. The number of hydrogen-bond donors (Lipinski definition) is 1. The SMILES string of the molecule is O=CC1CN(Cc2cccnc2)C(=O)NC1=O. The number of nitrogens with one attached hydrogen (secondary N) is 1. The molecule has 1 saturated heterocycles. The Labute approximate surface area is 97.6 Å². The van der Waals surface area contributed by atoms with Crippen LogP contribution in [0.5, 0.6) is 0 Å². The quantitative estimate of drug-likeness (QED) is 0.586. The largest absolute Gasteiger partial charge is 0.324 e. The van der Waals surface area contributed by atoms with Crippen LogP contribution >= 0.6 is 0 Å². The van der Waals surface area contributed by atoms with Crippen LogP contribution in [-0.4, -0.2) is 34.7 Å². The molecule has 1 N–H and O–H groups in total. The van der Waals surface area contributed by atoms with Crippen molar-refractivity contribution in [2.75, 3.05) is 6.54 Å². The van der Waals surface area contributed by atoms with Gasteiger partial charge >= 0.3 is 6.03 Å². The van der Waals surface area contributed by atoms with Crippen LogP contribution in [0.3, 0.4) is 0 Å². The summed E-state index contributed by atoms with van der Waals surface area (Å²) in [4.78, 5) is 38.8. The van der Waals surface area contributed by atoms with Gasteiger partial charge in [-0.05, 0) is 11.6 Å². The Morgan fingerprint density at radius 1 is 1.53 bits per heavy atom. The van der Waals surface area contributed by atoms with Gasteiger partial charge in [-0.2, -0.15) is 0 Å². The summed E-state index contributed by atoms with van der Waals surface area (Å²) in [7, 11) is 0. The average Bonchev–Trinajstić information content (AvgIpc) is 2.34. The van der Waals surface area contributed by atoms with Gasteiger partial charge in [0.15, 0.2) is 0 Å². The molecule has 0 aromatic carbocycles. The van der Waals surface area contributed by atoms with Crippen LogP contribution in [0.15, 0.2) is 24.5 Å². The van der Waals surface area contributed by atoms with E-state index in [2.05, 4.69) is 10.3 Å². The van der Waals surface area contributed by atoms with Gasteiger partial charge in [-0.3, -0.25) is 15.1 Å². The first kappa shape index (κ1) is 11.3. The molecule has 3 amide bonds. The molecule has 1 aromatic heterocycles. The van der Waals surface area contributed by atoms with Gasteiger partial charge in [0.2, 0.25) is 5.91 Å². The van der Waals surface area contributed by atoms with E-state index in [9.17, 15) is 14.4 Å². The van der Waals surface area contributed by atoms with Crippen LogP contribution in [0.4, 0.5) is 4.79 Å². The zero-order valence-electron chi connectivity index (χ0n) is 9.00. The molecule has 17 heavy (non-hydrogen) atoms. The number of aldehydes is 1. The van der Waals surface area contributed by atoms with Crippen LogP contribution in [0.2, 0.25) is 0 Å². The zero-order chi connectivity index (χ0) is 12.3. The normalized spacial score (nSPS) is 20.0. The summed E-state index contributed by atoms with van der Waals surface area (Å²) in [6.07, 6.45) is 3.83. The van der Waals surface area contributed by atoms with E-state index in [1.54, 1.807) is 18.5 Å². The van der Waals surface area contributed by atoms with Gasteiger partial charge in [0.05, 0.1) is 0 Å². The molecule has 1 atom stereocenters. The lowest BCUT2D eigenvalue weighted by Gasteiger charge is -2.29. The average molecular weight is 233 g/mol. The zero-order valence-corrected chi connectivity index (χ0v) is 9.00. The highest BCUT2D eigenvalue weighted by Gasteiger charge is 2.31. The van der Waals surface area contributed by atoms with E-state index in [1.807, 2.05) is 6.07 Å². The second-order valence-electron chi connectivity index (χ2n) is 3.78. The third-order valence-corrected chi connectivity index (χ3v) is 2.53. The topological polar surface area (TPSA) is 79.4 Å². The lowest BCUT2D eigenvalue weighted by atomic mass is 10.1. The van der Waals surface area contributed by atoms with Gasteiger partial charge in [-0.1, -0.05) is 6.07 Å². The summed E-state index contributed by atoms with van der Waals surface area (Å²) in [6.45, 7) is 0.445. The molecule has 88 valence electrons. The van der Waals surface area contributed by atoms with Crippen molar-refractivity contribution in [2.45, 2.75) is 6.54 Å². The summed E-state index contributed by atoms with van der Waals surface area (Å²) in [5.74, 6) is -1.32. The molecular weight excluding hydrogens is 222 g/mol. The first-order valence-electron chi connectivity index (χ1n) is 5.14. The van der Waals surface area contributed by atoms with Gasteiger partial charge in [-0.25, -0.2) is 4.79 Å². The Morgan fingerprint density at radius 3 is 3.00 bits per heavy atom. The van der Waals surface area contributed by atoms with E-state index in [1.165, 1.54) is 4.90 Å². The number of nitrogens with zero attached hydrogens (tertiary/aromatic N) is 2. The smallest absolute Gasteiger partial charge is 0.319 e. The maximum Gasteiger partial charge on any atom is 0.324 e. The predicted octanol–water partition coefficient (Wildman–Crippen LogP) is -0.0515. The second kappa shape index (κ2) is 4.73. The molecule has 1 unspecified atom stereocenters. The molecule has 0 spiro atoms. The summed E-state index contributed by atoms with van der Waals surface area (Å²) in [5, 5.41) is 2.15. The highest BCUT2D eigenvalue weighted by Crippen LogP contribution is 2.10. The van der Waals surface area contributed by atoms with Crippen molar-refractivity contribution >= 4 is 18.2 Å². The molecule has 0 bridgehead atoms. The van der Waals surface area contributed by atoms with Crippen LogP contribution in [0.25, 0.3) is 0 Å². The Morgan fingerprint density at radius 2 is 2.35 bits per heavy atom. The van der Waals surface area contributed by atoms with Crippen molar-refractivity contribution in [3.05, 3.63) is 30.1 Å². The maximum absolute atomic E-state index is 11.5. The molecule has 1 fully saturated rings. The molecule has 0 radical (unpaired) electrons. The van der Waals surface area contributed by atoms with Gasteiger partial charge < -0.3 is 9.69 Å². The van der Waals surface area contributed by atoms with Gasteiger partial charge in [-0.15, -0.1) is 0 Å². The third-order valence-electron chi connectivity index (χ3n) is 2.53. The van der Waals surface area contributed by atoms with Crippen molar-refractivity contribution in [3.63, 3.8) is 0 Å². The van der Waals surface area contributed by atoms with Crippen molar-refractivity contribution in [3.8, 4) is 0 Å². The molecule has 1 aliphatic heterocycles. The molecule has 1 aliphatic rings. The van der Waals surface area contributed by atoms with Crippen LogP contribution in [0, 0.1) is 5.92 Å². The van der Waals surface area contributed by atoms with Crippen LogP contribution in [0.1, 0.15) is 5.56 Å². The van der Waals surface area contributed by atoms with Crippen molar-refractivity contribution in [1.82, 2.24) is 15.2 Å². The number of aromatic nitrogens is 1. The van der Waals surface area contributed by atoms with E-state index in [4.69, 9.17) is 0 Å². The lowest BCUT2D eigenvalue weighted by Crippen LogP contribution is -2.54. The monoisotopic (exact) mass is 233 g/mol. The highest BCUT2D eigenvalue weighted by atomic mass is 16.2. The third kappa shape index (κ3) is 2.47. The van der Waals surface area contributed by atoms with Crippen LogP contribution < -0.4 is 5.32 Å². The highest BCUT2D eigenvalue weighted by molar-refractivity contribution is 6.03. The van der Waals surface area contributed by atoms with Gasteiger partial charge in [0.1, 0.15) is 12.2 Å². The molecule has 2 rings (SSSR count). The first-order chi connectivity index (χ1) is 8.20. The minimum atomic E-state index is -0.788. The Balaban J connectivity index is 2.08. The fraction of sp³-hybridized carbons (Fsp3) is 0.273. The van der Waals surface area contributed by atoms with Crippen molar-refractivity contribution in [2.24, 2.45) is 5.92 Å². The Bertz CT molecular complexity index is 447. The minimum absolute atomic E-state index is 0.114. The maximum atomic E-state index is 11.5. The molecule has 6 heteroatoms. The molecule has 0 saturated carbocycles. The summed E-state index contributed by atoms with van der Waals surface area (Å²) in [6, 6.07) is 3.11. The molecule has 1 aromatic rings. The first-order valence-corrected chi connectivity index (χ1v) is 5.14. The van der Waals surface area contributed by atoms with Gasteiger partial charge in [0, 0.05) is 25.5 Å². The minimum Gasteiger partial charge on any atom is -0.319 e. The molecule has 0 aliphatic carbocycles. The number of imide groups is 1. The molecular formula is C11H11N3O3. The number of hydrogen-bond acceptors (Lipinski definition) is 4. The van der Waals surface area contributed by atoms with E-state index in [0.717, 1.165) is 5.56 Å². The van der Waals surface area contributed by atoms with Crippen LogP contribution in [-0.2, 0) is 16.1 Å². The number of rotatable bonds is 3. The summed E-state index contributed by atoms with van der Waals surface area (Å²) >= 11 is 0. The van der Waals surface area contributed by atoms with Gasteiger partial charge in [0.25, 0.3) is 0 Å². The van der Waals surface area contributed by atoms with E-state index in [0.29, 0.717) is 12.8 Å². The Kier molecular flexibility index (Phi) is 3.13. The fourth-order valence-electron chi connectivity index (χ4n) is 1.63. The number of carbonyl (C=O) groups excluding carboxylic acids is 3. The van der Waals surface area contributed by atoms with Crippen molar-refractivity contribution < 1.29 is 14.4 Å². The number of pyridine rings is 1. The van der Waals surface area contributed by atoms with Crippen molar-refractivity contribution in [1.29, 1.82) is 0 Å². The number of urea groups is 1. The second-order valence-corrected chi connectivity index (χ2v) is 3.78. The predicted molar refractivity (Wildman–Crippen MR) is 57.7 cm³/mol. The molecule has 6 nitrogen and oxygen atoms in total. The van der Waals surface area contributed by atoms with E-state index >= 15 is 0 Å². The fourth-order valence-corrected chi connectivity index (χ4v) is 1.63. The number of amides is 3. The molecule has 2 heterocycles. The standard InChI is InChI=1S/C11H11N3O3/c15-7-9-6-14(11(17)13-10(9)16)5-8-2-1-3-12-4-8/h1-4,7,9H,5-6H2,(H,13,16,17). The number of carbonyl (C=O) groups is 3. The van der Waals surface area contributed by atoms with E-state index < -0.39 is 17.9 Å². The lowest BCUT2D eigenvalue weighted by molar-refractivity contribution is -0.130. The van der Waals surface area contributed by atoms with E-state index in [-0.39, 0.29) is 6.54 Å². The summed E-state index contributed by atoms with van der Waals surface area (Å²) < 4.78 is 0.